The molecule has 0 radical (unpaired) electrons. The third-order valence-electron chi connectivity index (χ3n) is 3.41. The summed E-state index contributed by atoms with van der Waals surface area (Å²) in [7, 11) is 0. The summed E-state index contributed by atoms with van der Waals surface area (Å²) in [5.41, 5.74) is 1.45. The van der Waals surface area contributed by atoms with Gasteiger partial charge in [-0.3, -0.25) is 0 Å². The molecular weight excluding hydrogens is 231 g/mol. The van der Waals surface area contributed by atoms with Crippen molar-refractivity contribution >= 4 is 5.97 Å². The molecular formula is C15H17FO2. The van der Waals surface area contributed by atoms with Crippen LogP contribution in [0.3, 0.4) is 0 Å². The number of esters is 1. The number of benzene rings is 1. The number of carbonyl (C=O) groups excluding carboxylic acids is 1. The van der Waals surface area contributed by atoms with E-state index in [0.29, 0.717) is 12.0 Å². The van der Waals surface area contributed by atoms with E-state index in [2.05, 4.69) is 6.58 Å². The lowest BCUT2D eigenvalue weighted by molar-refractivity contribution is -0.155. The molecule has 1 aromatic carbocycles. The first-order valence-corrected chi connectivity index (χ1v) is 6.10. The van der Waals surface area contributed by atoms with E-state index in [1.807, 2.05) is 6.92 Å². The highest BCUT2D eigenvalue weighted by atomic mass is 19.1. The molecule has 1 aliphatic rings. The third kappa shape index (κ3) is 2.30. The zero-order valence-corrected chi connectivity index (χ0v) is 10.8. The number of hydrogen-bond donors (Lipinski definition) is 0. The van der Waals surface area contributed by atoms with Crippen LogP contribution in [-0.4, -0.2) is 5.97 Å². The van der Waals surface area contributed by atoms with Gasteiger partial charge in [0.15, 0.2) is 0 Å². The highest BCUT2D eigenvalue weighted by molar-refractivity contribution is 5.87. The molecule has 0 saturated heterocycles. The topological polar surface area (TPSA) is 26.3 Å². The Morgan fingerprint density at radius 2 is 2.22 bits per heavy atom. The Balaban J connectivity index is 2.38. The standard InChI is InChI=1S/C15H17FO2/c1-10(2)14(17)18-15(3)8-4-5-11-6-7-12(16)9-13(11)15/h6-7,9H,1,4-5,8H2,2-3H3. The summed E-state index contributed by atoms with van der Waals surface area (Å²) in [6.07, 6.45) is 2.54. The lowest BCUT2D eigenvalue weighted by atomic mass is 9.80. The van der Waals surface area contributed by atoms with Gasteiger partial charge in [0.2, 0.25) is 0 Å². The van der Waals surface area contributed by atoms with Crippen LogP contribution in [0.15, 0.2) is 30.4 Å². The summed E-state index contributed by atoms with van der Waals surface area (Å²) in [6, 6.07) is 4.70. The molecule has 2 rings (SSSR count). The zero-order valence-electron chi connectivity index (χ0n) is 10.8. The molecule has 0 amide bonds. The largest absolute Gasteiger partial charge is 0.451 e. The summed E-state index contributed by atoms with van der Waals surface area (Å²) < 4.78 is 18.9. The first-order valence-electron chi connectivity index (χ1n) is 6.10. The fourth-order valence-corrected chi connectivity index (χ4v) is 2.41. The summed E-state index contributed by atoms with van der Waals surface area (Å²) in [5.74, 6) is -0.720. The van der Waals surface area contributed by atoms with Gasteiger partial charge in [0.25, 0.3) is 0 Å². The van der Waals surface area contributed by atoms with Crippen LogP contribution < -0.4 is 0 Å². The molecule has 0 spiro atoms. The highest BCUT2D eigenvalue weighted by Crippen LogP contribution is 2.38. The number of halogens is 1. The molecule has 0 saturated carbocycles. The molecule has 0 N–H and O–H groups in total. The summed E-state index contributed by atoms with van der Waals surface area (Å²) in [6.45, 7) is 7.03. The maximum Gasteiger partial charge on any atom is 0.333 e. The Hall–Kier alpha value is -1.64. The lowest BCUT2D eigenvalue weighted by Crippen LogP contribution is -2.33. The fourth-order valence-electron chi connectivity index (χ4n) is 2.41. The minimum absolute atomic E-state index is 0.298. The van der Waals surface area contributed by atoms with Gasteiger partial charge in [-0.1, -0.05) is 12.6 Å². The lowest BCUT2D eigenvalue weighted by Gasteiger charge is -2.35. The van der Waals surface area contributed by atoms with E-state index in [-0.39, 0.29) is 5.82 Å². The molecule has 1 unspecified atom stereocenters. The molecule has 0 aliphatic heterocycles. The maximum atomic E-state index is 13.4. The molecule has 1 atom stereocenters. The van der Waals surface area contributed by atoms with E-state index in [1.165, 1.54) is 12.1 Å². The summed E-state index contributed by atoms with van der Waals surface area (Å²) >= 11 is 0. The van der Waals surface area contributed by atoms with Crippen molar-refractivity contribution in [2.75, 3.05) is 0 Å². The van der Waals surface area contributed by atoms with Gasteiger partial charge >= 0.3 is 5.97 Å². The second-order valence-electron chi connectivity index (χ2n) is 5.06. The van der Waals surface area contributed by atoms with Crippen molar-refractivity contribution in [1.82, 2.24) is 0 Å². The average molecular weight is 248 g/mol. The predicted octanol–water partition coefficient (Wildman–Crippen LogP) is 3.50. The van der Waals surface area contributed by atoms with E-state index in [4.69, 9.17) is 4.74 Å². The van der Waals surface area contributed by atoms with E-state index in [0.717, 1.165) is 24.0 Å². The first-order chi connectivity index (χ1) is 8.42. The van der Waals surface area contributed by atoms with Crippen molar-refractivity contribution in [3.63, 3.8) is 0 Å². The summed E-state index contributed by atoms with van der Waals surface area (Å²) in [4.78, 5) is 11.7. The molecule has 2 nitrogen and oxygen atoms in total. The normalized spacial score (nSPS) is 22.2. The first kappa shape index (κ1) is 12.8. The molecule has 1 aliphatic carbocycles. The SMILES string of the molecule is C=C(C)C(=O)OC1(C)CCCc2ccc(F)cc21. The minimum atomic E-state index is -0.744. The van der Waals surface area contributed by atoms with Crippen LogP contribution in [0.4, 0.5) is 4.39 Å². The van der Waals surface area contributed by atoms with Crippen molar-refractivity contribution < 1.29 is 13.9 Å². The number of ether oxygens (including phenoxy) is 1. The average Bonchev–Trinajstić information content (AvgIpc) is 2.30. The van der Waals surface area contributed by atoms with Crippen molar-refractivity contribution in [3.8, 4) is 0 Å². The van der Waals surface area contributed by atoms with Crippen LogP contribution in [-0.2, 0) is 21.6 Å². The molecule has 0 heterocycles. The second-order valence-corrected chi connectivity index (χ2v) is 5.06. The number of aryl methyl sites for hydroxylation is 1. The van der Waals surface area contributed by atoms with Crippen molar-refractivity contribution in [2.45, 2.75) is 38.7 Å². The fraction of sp³-hybridized carbons (Fsp3) is 0.400. The van der Waals surface area contributed by atoms with Gasteiger partial charge in [0, 0.05) is 11.1 Å². The highest BCUT2D eigenvalue weighted by Gasteiger charge is 2.36. The van der Waals surface area contributed by atoms with E-state index >= 15 is 0 Å². The molecule has 0 aromatic heterocycles. The number of rotatable bonds is 2. The van der Waals surface area contributed by atoms with Crippen LogP contribution in [0.5, 0.6) is 0 Å². The molecule has 0 fully saturated rings. The van der Waals surface area contributed by atoms with Crippen LogP contribution >= 0.6 is 0 Å². The Morgan fingerprint density at radius 3 is 2.89 bits per heavy atom. The van der Waals surface area contributed by atoms with E-state index < -0.39 is 11.6 Å². The van der Waals surface area contributed by atoms with Crippen molar-refractivity contribution in [3.05, 3.63) is 47.3 Å². The van der Waals surface area contributed by atoms with Gasteiger partial charge in [-0.15, -0.1) is 0 Å². The number of fused-ring (bicyclic) bond motifs is 1. The zero-order chi connectivity index (χ0) is 13.3. The van der Waals surface area contributed by atoms with Crippen LogP contribution in [0.2, 0.25) is 0 Å². The van der Waals surface area contributed by atoms with Gasteiger partial charge in [0.05, 0.1) is 0 Å². The van der Waals surface area contributed by atoms with E-state index in [1.54, 1.807) is 13.0 Å². The maximum absolute atomic E-state index is 13.4. The Kier molecular flexibility index (Phi) is 3.24. The predicted molar refractivity (Wildman–Crippen MR) is 67.6 cm³/mol. The number of hydrogen-bond acceptors (Lipinski definition) is 2. The van der Waals surface area contributed by atoms with Crippen molar-refractivity contribution in [2.24, 2.45) is 0 Å². The van der Waals surface area contributed by atoms with Gasteiger partial charge in [-0.2, -0.15) is 0 Å². The molecule has 1 aromatic rings. The number of carbonyl (C=O) groups is 1. The van der Waals surface area contributed by atoms with Crippen LogP contribution in [0.1, 0.15) is 37.8 Å². The Bertz CT molecular complexity index is 507. The molecule has 0 bridgehead atoms. The van der Waals surface area contributed by atoms with Gasteiger partial charge in [-0.25, -0.2) is 9.18 Å². The quantitative estimate of drug-likeness (QED) is 0.591. The third-order valence-corrected chi connectivity index (χ3v) is 3.41. The molecule has 3 heteroatoms. The van der Waals surface area contributed by atoms with Crippen LogP contribution in [0, 0.1) is 5.82 Å². The van der Waals surface area contributed by atoms with E-state index in [9.17, 15) is 9.18 Å². The van der Waals surface area contributed by atoms with Crippen molar-refractivity contribution in [1.29, 1.82) is 0 Å². The Labute approximate surface area is 106 Å². The Morgan fingerprint density at radius 1 is 1.50 bits per heavy atom. The van der Waals surface area contributed by atoms with Gasteiger partial charge < -0.3 is 4.74 Å². The minimum Gasteiger partial charge on any atom is -0.451 e. The monoisotopic (exact) mass is 248 g/mol. The molecule has 96 valence electrons. The molecule has 18 heavy (non-hydrogen) atoms. The second kappa shape index (κ2) is 4.56. The van der Waals surface area contributed by atoms with Gasteiger partial charge in [0.1, 0.15) is 11.4 Å². The summed E-state index contributed by atoms with van der Waals surface area (Å²) in [5, 5.41) is 0. The van der Waals surface area contributed by atoms with Gasteiger partial charge in [-0.05, 0) is 50.8 Å². The smallest absolute Gasteiger partial charge is 0.333 e. The van der Waals surface area contributed by atoms with Crippen LogP contribution in [0.25, 0.3) is 0 Å².